The zero-order chi connectivity index (χ0) is 28.3. The number of amides is 1. The fourth-order valence-corrected chi connectivity index (χ4v) is 5.50. The number of nitro benzene ring substituents is 1. The Kier molecular flexibility index (Phi) is 7.13. The van der Waals surface area contributed by atoms with Crippen molar-refractivity contribution in [2.75, 3.05) is 11.9 Å². The maximum atomic E-state index is 13.1. The summed E-state index contributed by atoms with van der Waals surface area (Å²) >= 11 is 5.72. The smallest absolute Gasteiger partial charge is 0.270 e. The van der Waals surface area contributed by atoms with E-state index in [0.29, 0.717) is 28.7 Å². The third kappa shape index (κ3) is 5.37. The average molecular weight is 564 g/mol. The maximum absolute atomic E-state index is 13.1. The molecule has 3 heterocycles. The molecule has 1 amide bonds. The lowest BCUT2D eigenvalue weighted by atomic mass is 10.0. The highest BCUT2D eigenvalue weighted by Crippen LogP contribution is 2.40. The number of aromatic nitrogens is 1. The van der Waals surface area contributed by atoms with E-state index in [-0.39, 0.29) is 24.1 Å². The predicted octanol–water partition coefficient (Wildman–Crippen LogP) is 6.40. The fourth-order valence-electron chi connectivity index (χ4n) is 5.16. The zero-order valence-electron chi connectivity index (χ0n) is 21.8. The summed E-state index contributed by atoms with van der Waals surface area (Å²) in [5.41, 5.74) is 2.10. The Morgan fingerprint density at radius 3 is 2.66 bits per heavy atom. The van der Waals surface area contributed by atoms with Crippen LogP contribution in [0.2, 0.25) is 0 Å². The van der Waals surface area contributed by atoms with Gasteiger partial charge in [0.1, 0.15) is 17.6 Å². The summed E-state index contributed by atoms with van der Waals surface area (Å²) in [4.78, 5) is 30.4. The van der Waals surface area contributed by atoms with E-state index < -0.39 is 11.0 Å². The molecular formula is C31H25N5O4S. The lowest BCUT2D eigenvalue weighted by molar-refractivity contribution is -0.384. The Morgan fingerprint density at radius 1 is 1.02 bits per heavy atom. The van der Waals surface area contributed by atoms with E-state index in [4.69, 9.17) is 16.6 Å². The lowest BCUT2D eigenvalue weighted by Crippen LogP contribution is -2.32. The Balaban J connectivity index is 1.26. The van der Waals surface area contributed by atoms with Gasteiger partial charge in [-0.3, -0.25) is 19.9 Å². The molecule has 1 aliphatic rings. The summed E-state index contributed by atoms with van der Waals surface area (Å²) < 4.78 is 6.28. The first-order chi connectivity index (χ1) is 20.0. The van der Waals surface area contributed by atoms with Crippen molar-refractivity contribution < 1.29 is 14.1 Å². The van der Waals surface area contributed by atoms with Crippen LogP contribution in [0.5, 0.6) is 0 Å². The third-order valence-electron chi connectivity index (χ3n) is 7.10. The molecular weight excluding hydrogens is 538 g/mol. The van der Waals surface area contributed by atoms with Crippen molar-refractivity contribution in [2.24, 2.45) is 0 Å². The van der Waals surface area contributed by atoms with E-state index in [9.17, 15) is 14.9 Å². The highest BCUT2D eigenvalue weighted by molar-refractivity contribution is 7.80. The van der Waals surface area contributed by atoms with Crippen LogP contribution in [0, 0.1) is 10.1 Å². The molecule has 1 aliphatic heterocycles. The van der Waals surface area contributed by atoms with Crippen molar-refractivity contribution in [3.8, 4) is 11.3 Å². The molecule has 0 unspecified atom stereocenters. The largest absolute Gasteiger partial charge is 0.459 e. The molecule has 41 heavy (non-hydrogen) atoms. The number of thiocarbonyl (C=S) groups is 1. The summed E-state index contributed by atoms with van der Waals surface area (Å²) in [6.45, 7) is 0.337. The van der Waals surface area contributed by atoms with Crippen LogP contribution in [-0.2, 0) is 4.79 Å². The molecule has 1 saturated heterocycles. The minimum atomic E-state index is -0.436. The van der Waals surface area contributed by atoms with E-state index in [1.807, 2.05) is 71.6 Å². The summed E-state index contributed by atoms with van der Waals surface area (Å²) in [7, 11) is 0. The molecule has 0 bridgehead atoms. The van der Waals surface area contributed by atoms with Gasteiger partial charge < -0.3 is 20.0 Å². The van der Waals surface area contributed by atoms with E-state index in [1.165, 1.54) is 12.1 Å². The topological polar surface area (TPSA) is 114 Å². The van der Waals surface area contributed by atoms with Gasteiger partial charge in [0.2, 0.25) is 5.91 Å². The predicted molar refractivity (Wildman–Crippen MR) is 160 cm³/mol. The number of nitro groups is 1. The van der Waals surface area contributed by atoms with Gasteiger partial charge >= 0.3 is 0 Å². The summed E-state index contributed by atoms with van der Waals surface area (Å²) in [5.74, 6) is 0.958. The Labute approximate surface area is 241 Å². The number of hydrogen-bond acceptors (Lipinski definition) is 6. The highest BCUT2D eigenvalue weighted by atomic mass is 32.1. The van der Waals surface area contributed by atoms with Crippen LogP contribution in [0.3, 0.4) is 0 Å². The van der Waals surface area contributed by atoms with E-state index in [1.54, 1.807) is 24.4 Å². The van der Waals surface area contributed by atoms with Gasteiger partial charge in [0, 0.05) is 47.9 Å². The van der Waals surface area contributed by atoms with Gasteiger partial charge in [-0.25, -0.2) is 0 Å². The van der Waals surface area contributed by atoms with Crippen molar-refractivity contribution in [1.82, 2.24) is 15.2 Å². The molecule has 5 aromatic rings. The number of carbonyl (C=O) groups excluding carboxylic acids is 1. The second-order valence-electron chi connectivity index (χ2n) is 9.65. The van der Waals surface area contributed by atoms with E-state index in [0.717, 1.165) is 22.2 Å². The fraction of sp³-hybridized carbons (Fsp3) is 0.129. The van der Waals surface area contributed by atoms with Crippen LogP contribution in [0.15, 0.2) is 108 Å². The maximum Gasteiger partial charge on any atom is 0.270 e. The molecule has 9 nitrogen and oxygen atoms in total. The minimum absolute atomic E-state index is 0.0191. The molecule has 0 saturated carbocycles. The highest BCUT2D eigenvalue weighted by Gasteiger charge is 2.41. The van der Waals surface area contributed by atoms with Crippen LogP contribution < -0.4 is 10.6 Å². The van der Waals surface area contributed by atoms with E-state index >= 15 is 0 Å². The first-order valence-corrected chi connectivity index (χ1v) is 13.5. The molecule has 0 aliphatic carbocycles. The van der Waals surface area contributed by atoms with Gasteiger partial charge in [0.15, 0.2) is 5.11 Å². The van der Waals surface area contributed by atoms with Crippen LogP contribution in [0.4, 0.5) is 11.4 Å². The van der Waals surface area contributed by atoms with Gasteiger partial charge in [-0.05, 0) is 47.9 Å². The number of carbonyl (C=O) groups is 1. The number of pyridine rings is 1. The van der Waals surface area contributed by atoms with Crippen LogP contribution in [0.25, 0.3) is 22.1 Å². The number of hydrogen-bond donors (Lipinski definition) is 2. The number of nitrogens with one attached hydrogen (secondary N) is 2. The number of benzene rings is 3. The van der Waals surface area contributed by atoms with Gasteiger partial charge in [-0.15, -0.1) is 0 Å². The Morgan fingerprint density at radius 2 is 1.83 bits per heavy atom. The first-order valence-electron chi connectivity index (χ1n) is 13.1. The molecule has 1 fully saturated rings. The first kappa shape index (κ1) is 26.1. The van der Waals surface area contributed by atoms with Gasteiger partial charge in [0.25, 0.3) is 5.69 Å². The quantitative estimate of drug-likeness (QED) is 0.127. The standard InChI is InChI=1S/C31H25N5O4S/c37-28(33-24-13-6-8-20-7-1-2-11-23(20)24)16-18-35-30(29(34-31(35)41)25-12-3-4-17-32-25)27-15-14-26(40-27)21-9-5-10-22(19-21)36(38)39/h1-15,17,19,29-30H,16,18H2,(H,33,37)(H,34,41)/t29-,30-/m1/s1. The molecule has 0 spiro atoms. The number of rotatable bonds is 8. The van der Waals surface area contributed by atoms with Crippen molar-refractivity contribution >= 4 is 45.4 Å². The monoisotopic (exact) mass is 563 g/mol. The van der Waals surface area contributed by atoms with E-state index in [2.05, 4.69) is 15.6 Å². The van der Waals surface area contributed by atoms with Crippen LogP contribution in [0.1, 0.15) is 30.0 Å². The molecule has 6 rings (SSSR count). The van der Waals surface area contributed by atoms with Crippen molar-refractivity contribution in [3.05, 3.63) is 125 Å². The van der Waals surface area contributed by atoms with Crippen molar-refractivity contribution in [3.63, 3.8) is 0 Å². The second kappa shape index (κ2) is 11.2. The lowest BCUT2D eigenvalue weighted by Gasteiger charge is -2.26. The minimum Gasteiger partial charge on any atom is -0.459 e. The number of anilines is 1. The second-order valence-corrected chi connectivity index (χ2v) is 10.0. The normalized spacial score (nSPS) is 16.5. The molecule has 0 radical (unpaired) electrons. The molecule has 3 aromatic carbocycles. The molecule has 204 valence electrons. The molecule has 2 atom stereocenters. The number of furan rings is 1. The van der Waals surface area contributed by atoms with Crippen LogP contribution in [-0.4, -0.2) is 32.4 Å². The summed E-state index contributed by atoms with van der Waals surface area (Å²) in [6.07, 6.45) is 1.91. The van der Waals surface area contributed by atoms with Crippen LogP contribution >= 0.6 is 12.2 Å². The molecule has 2 N–H and O–H groups in total. The Hall–Kier alpha value is -5.09. The molecule has 2 aromatic heterocycles. The van der Waals surface area contributed by atoms with Gasteiger partial charge in [0.05, 0.1) is 16.7 Å². The number of non-ortho nitro benzene ring substituents is 1. The zero-order valence-corrected chi connectivity index (χ0v) is 22.6. The van der Waals surface area contributed by atoms with Crippen molar-refractivity contribution in [2.45, 2.75) is 18.5 Å². The van der Waals surface area contributed by atoms with Gasteiger partial charge in [-0.1, -0.05) is 54.6 Å². The summed E-state index contributed by atoms with van der Waals surface area (Å²) in [6, 6.07) is 28.6. The van der Waals surface area contributed by atoms with Gasteiger partial charge in [-0.2, -0.15) is 0 Å². The number of nitrogens with zero attached hydrogens (tertiary/aromatic N) is 3. The number of fused-ring (bicyclic) bond motifs is 1. The summed E-state index contributed by atoms with van der Waals surface area (Å²) in [5, 5.41) is 20.2. The van der Waals surface area contributed by atoms with Crippen molar-refractivity contribution in [1.29, 1.82) is 0 Å². The SMILES string of the molecule is O=C(CCN1C(=S)N[C@H](c2ccccn2)[C@H]1c1ccc(-c2cccc([N+](=O)[O-])c2)o1)Nc1cccc2ccccc12. The molecule has 10 heteroatoms. The third-order valence-corrected chi connectivity index (χ3v) is 7.45. The Bertz CT molecular complexity index is 1750. The average Bonchev–Trinajstić information content (AvgIpc) is 3.61.